The maximum Gasteiger partial charge on any atom is 0.0267 e. The number of unbranched alkanes of at least 4 members (excludes halogenated alkanes) is 1. The molecule has 0 aliphatic heterocycles. The number of hydrogen-bond donors (Lipinski definition) is 0. The number of nitrogens with zero attached hydrogens (tertiary/aromatic N) is 3. The molecule has 0 fully saturated rings. The first-order valence-electron chi connectivity index (χ1n) is 21.5. The van der Waals surface area contributed by atoms with Gasteiger partial charge in [-0.25, -0.2) is 4.57 Å². The Kier molecular flexibility index (Phi) is 21.4. The second-order valence-electron chi connectivity index (χ2n) is 16.4. The minimum atomic E-state index is 0.365. The Morgan fingerprint density at radius 2 is 1.18 bits per heavy atom. The predicted octanol–water partition coefficient (Wildman–Crippen LogP) is 15.4. The molecule has 0 atom stereocenters. The summed E-state index contributed by atoms with van der Waals surface area (Å²) in [6.45, 7) is 24.3. The van der Waals surface area contributed by atoms with Gasteiger partial charge in [0.2, 0.25) is 0 Å². The summed E-state index contributed by atoms with van der Waals surface area (Å²) in [5.41, 5.74) is 11.3. The molecule has 331 valence electrons. The molecule has 0 spiro atoms. The van der Waals surface area contributed by atoms with Gasteiger partial charge in [0.05, 0.1) is 6.61 Å². The van der Waals surface area contributed by atoms with Gasteiger partial charge in [-0.05, 0) is 115 Å². The Morgan fingerprint density at radius 3 is 1.66 bits per heavy atom. The minimum absolute atomic E-state index is 0.365. The summed E-state index contributed by atoms with van der Waals surface area (Å²) in [7, 11) is 5.04. The maximum atomic E-state index is 6.73. The predicted molar refractivity (Wildman–Crippen MR) is 262 cm³/mol. The first-order valence-corrected chi connectivity index (χ1v) is 28.2. The summed E-state index contributed by atoms with van der Waals surface area (Å²) < 4.78 is 23.9. The van der Waals surface area contributed by atoms with Gasteiger partial charge < -0.3 is 14.2 Å². The zero-order chi connectivity index (χ0) is 44.3. The van der Waals surface area contributed by atoms with Crippen LogP contribution in [-0.4, -0.2) is 27.3 Å². The fourth-order valence-corrected chi connectivity index (χ4v) is 7.36. The van der Waals surface area contributed by atoms with Crippen LogP contribution in [0.15, 0.2) is 122 Å². The summed E-state index contributed by atoms with van der Waals surface area (Å²) in [5, 5.41) is 0. The topological polar surface area (TPSA) is 50.4 Å². The molecule has 0 radical (unpaired) electrons. The van der Waals surface area contributed by atoms with Gasteiger partial charge in [0.15, 0.2) is 12.5 Å². The number of rotatable bonds is 17. The van der Waals surface area contributed by atoms with Crippen LogP contribution in [0.25, 0.3) is 11.4 Å². The summed E-state index contributed by atoms with van der Waals surface area (Å²) in [5.74, 6) is 4.22. The third-order valence-electron chi connectivity index (χ3n) is 10.5. The van der Waals surface area contributed by atoms with Crippen molar-refractivity contribution in [2.45, 2.75) is 119 Å². The van der Waals surface area contributed by atoms with E-state index < -0.39 is 0 Å². The van der Waals surface area contributed by atoms with Gasteiger partial charge in [-0.15, -0.1) is 0 Å². The molecule has 4 aromatic carbocycles. The van der Waals surface area contributed by atoms with E-state index in [1.165, 1.54) is 39.2 Å². The number of benzene rings is 4. The molecule has 6 aromatic rings. The third kappa shape index (κ3) is 14.7. The van der Waals surface area contributed by atoms with Crippen LogP contribution in [0, 0.1) is 6.92 Å². The van der Waals surface area contributed by atoms with Crippen LogP contribution in [0.4, 0.5) is 0 Å². The summed E-state index contributed by atoms with van der Waals surface area (Å²) in [4.78, 5) is 3.78. The molecule has 0 N–H and O–H groups in total. The molecule has 6 rings (SSSR count). The molecular formula is C52H66ClIN3O3Pd. The van der Waals surface area contributed by atoms with Gasteiger partial charge in [0.25, 0.3) is 0 Å². The molecule has 2 heterocycles. The SMILES string of the molecule is CCc1cc(OCc2ccccc2)cc(C)c1OCCCCOc1cn(-c2c(C(C)C)cccc2C(C)C)[cH+]n1-c1c(C(C)C)cccc1C(C)C.[Cl][Pd-][I].c1ccncc1. The normalized spacial score (nSPS) is 11.1. The van der Waals surface area contributed by atoms with Crippen LogP contribution >= 0.6 is 29.0 Å². The van der Waals surface area contributed by atoms with Crippen molar-refractivity contribution in [3.05, 3.63) is 161 Å². The van der Waals surface area contributed by atoms with Crippen molar-refractivity contribution in [3.63, 3.8) is 0 Å². The number of para-hydroxylation sites is 2. The second kappa shape index (κ2) is 26.1. The number of imidazole rings is 1. The smallest absolute Gasteiger partial charge is 0.0267 e. The monoisotopic (exact) mass is 1050 g/mol. The van der Waals surface area contributed by atoms with E-state index in [4.69, 9.17) is 23.7 Å². The molecule has 0 aliphatic rings. The van der Waals surface area contributed by atoms with Crippen molar-refractivity contribution in [2.75, 3.05) is 13.2 Å². The first-order chi connectivity index (χ1) is 29.4. The first kappa shape index (κ1) is 50.0. The fraction of sp³-hybridized carbons (Fsp3) is 0.385. The fourth-order valence-electron chi connectivity index (χ4n) is 7.36. The summed E-state index contributed by atoms with van der Waals surface area (Å²) >= 11 is 2.50. The van der Waals surface area contributed by atoms with Crippen LogP contribution in [0.1, 0.15) is 138 Å². The molecule has 0 unspecified atom stereocenters. The quantitative estimate of drug-likeness (QED) is 0.0395. The Morgan fingerprint density at radius 1 is 0.672 bits per heavy atom. The Hall–Kier alpha value is -3.68. The number of pyridine rings is 1. The van der Waals surface area contributed by atoms with Gasteiger partial charge in [-0.1, -0.05) is 111 Å². The number of aryl methyl sites for hydroxylation is 2. The van der Waals surface area contributed by atoms with Crippen molar-refractivity contribution in [3.8, 4) is 28.8 Å². The van der Waals surface area contributed by atoms with E-state index in [2.05, 4.69) is 176 Å². The van der Waals surface area contributed by atoms with E-state index in [1.807, 2.05) is 36.4 Å². The van der Waals surface area contributed by atoms with Gasteiger partial charge in [-0.3, -0.25) is 4.98 Å². The number of hydrogen-bond acceptors (Lipinski definition) is 4. The van der Waals surface area contributed by atoms with Crippen LogP contribution in [0.5, 0.6) is 17.4 Å². The Labute approximate surface area is 389 Å². The largest absolute Gasteiger partial charge is 0.265 e. The zero-order valence-electron chi connectivity index (χ0n) is 37.7. The summed E-state index contributed by atoms with van der Waals surface area (Å²) in [6, 6.07) is 33.7. The average molecular weight is 1050 g/mol. The van der Waals surface area contributed by atoms with Crippen LogP contribution in [0.3, 0.4) is 0 Å². The summed E-state index contributed by atoms with van der Waals surface area (Å²) in [6.07, 6.45) is 10.6. The molecule has 6 nitrogen and oxygen atoms in total. The van der Waals surface area contributed by atoms with Gasteiger partial charge in [0.1, 0.15) is 36.1 Å². The molecule has 0 aliphatic carbocycles. The Bertz CT molecular complexity index is 2110. The zero-order valence-corrected chi connectivity index (χ0v) is 42.2. The van der Waals surface area contributed by atoms with Crippen LogP contribution in [0.2, 0.25) is 0 Å². The van der Waals surface area contributed by atoms with Crippen molar-refractivity contribution >= 4 is 29.0 Å². The van der Waals surface area contributed by atoms with Crippen molar-refractivity contribution < 1.29 is 27.6 Å². The van der Waals surface area contributed by atoms with Crippen molar-refractivity contribution in [1.82, 2.24) is 14.1 Å². The average Bonchev–Trinajstić information content (AvgIpc) is 3.68. The molecule has 0 saturated carbocycles. The van der Waals surface area contributed by atoms with E-state index in [-0.39, 0.29) is 0 Å². The van der Waals surface area contributed by atoms with Crippen LogP contribution < -0.4 is 14.2 Å². The molecular weight excluding hydrogens is 983 g/mol. The standard InChI is InChI=1S/C47H61N2O3.C5H5N.ClH.HI.Pd/c1-11-38-28-39(52-30-37-19-13-12-14-20-37)27-36(10)47(38)51-26-16-15-25-50-44-29-48(45-40(32(2)3)21-17-22-41(45)33(4)5)31-49(44)46-42(34(6)7)23-18-24-43(46)35(8)9;1-2-4-6-5-3-1;;;/h12-14,17-24,27-29,31-35H,11,15-16,25-26,30H2,1-10H3;1-5H;2*1H;/q+1;;;;+1/p-2. The molecule has 61 heavy (non-hydrogen) atoms. The number of aromatic nitrogens is 3. The second-order valence-corrected chi connectivity index (χ2v) is 21.7. The molecule has 0 bridgehead atoms. The maximum absolute atomic E-state index is 6.73. The van der Waals surface area contributed by atoms with Crippen molar-refractivity contribution in [1.29, 1.82) is 0 Å². The van der Waals surface area contributed by atoms with E-state index in [9.17, 15) is 0 Å². The van der Waals surface area contributed by atoms with Crippen molar-refractivity contribution in [2.24, 2.45) is 0 Å². The van der Waals surface area contributed by atoms with E-state index >= 15 is 0 Å². The van der Waals surface area contributed by atoms with Gasteiger partial charge in [0, 0.05) is 34.6 Å². The van der Waals surface area contributed by atoms with E-state index in [0.29, 0.717) is 56.8 Å². The molecule has 0 saturated heterocycles. The Balaban J connectivity index is 0.000000815. The van der Waals surface area contributed by atoms with E-state index in [0.717, 1.165) is 47.8 Å². The number of ether oxygens (including phenoxy) is 3. The van der Waals surface area contributed by atoms with Crippen LogP contribution in [-0.2, 0) is 26.4 Å². The van der Waals surface area contributed by atoms with Gasteiger partial charge in [-0.2, -0.15) is 4.57 Å². The third-order valence-corrected chi connectivity index (χ3v) is 10.5. The van der Waals surface area contributed by atoms with Gasteiger partial charge >= 0.3 is 48.3 Å². The molecule has 2 aromatic heterocycles. The number of halogens is 2. The molecule has 0 amide bonds. The molecule has 9 heteroatoms. The minimum Gasteiger partial charge on any atom is -0.265 e. The van der Waals surface area contributed by atoms with E-state index in [1.54, 1.807) is 12.4 Å².